The van der Waals surface area contributed by atoms with E-state index in [2.05, 4.69) is 39.9 Å². The zero-order chi connectivity index (χ0) is 13.3. The van der Waals surface area contributed by atoms with Gasteiger partial charge in [0.1, 0.15) is 0 Å². The van der Waals surface area contributed by atoms with Crippen LogP contribution in [0.3, 0.4) is 0 Å². The molecule has 0 aromatic rings. The van der Waals surface area contributed by atoms with Crippen molar-refractivity contribution in [1.29, 1.82) is 0 Å². The molecule has 3 nitrogen and oxygen atoms in total. The van der Waals surface area contributed by atoms with Crippen LogP contribution in [0.15, 0.2) is 0 Å². The Morgan fingerprint density at radius 1 is 1.06 bits per heavy atom. The summed E-state index contributed by atoms with van der Waals surface area (Å²) in [5.74, 6) is 0.705. The minimum atomic E-state index is 0.102. The van der Waals surface area contributed by atoms with Crippen LogP contribution in [0.4, 0.5) is 4.79 Å². The predicted octanol–water partition coefficient (Wildman–Crippen LogP) is 3.64. The largest absolute Gasteiger partial charge is 0.336 e. The second kappa shape index (κ2) is 9.32. The van der Waals surface area contributed by atoms with Crippen LogP contribution in [-0.2, 0) is 0 Å². The van der Waals surface area contributed by atoms with Crippen molar-refractivity contribution in [2.45, 2.75) is 66.3 Å². The summed E-state index contributed by atoms with van der Waals surface area (Å²) in [5, 5.41) is 3.09. The third-order valence-corrected chi connectivity index (χ3v) is 2.82. The van der Waals surface area contributed by atoms with Gasteiger partial charge in [0, 0.05) is 19.1 Å². The lowest BCUT2D eigenvalue weighted by Crippen LogP contribution is -2.44. The molecule has 0 rings (SSSR count). The molecule has 0 radical (unpaired) electrons. The lowest BCUT2D eigenvalue weighted by Gasteiger charge is -2.24. The van der Waals surface area contributed by atoms with Crippen LogP contribution in [0.2, 0.25) is 0 Å². The van der Waals surface area contributed by atoms with Crippen molar-refractivity contribution >= 4 is 6.03 Å². The van der Waals surface area contributed by atoms with Gasteiger partial charge in [-0.15, -0.1) is 0 Å². The van der Waals surface area contributed by atoms with Crippen molar-refractivity contribution in [2.24, 2.45) is 5.92 Å². The number of carbonyl (C=O) groups is 1. The molecule has 0 bridgehead atoms. The van der Waals surface area contributed by atoms with Gasteiger partial charge in [0.2, 0.25) is 0 Å². The van der Waals surface area contributed by atoms with Crippen LogP contribution in [0.5, 0.6) is 0 Å². The molecule has 0 spiro atoms. The summed E-state index contributed by atoms with van der Waals surface area (Å²) in [6.45, 7) is 12.5. The Morgan fingerprint density at radius 3 is 2.00 bits per heavy atom. The molecule has 0 aliphatic heterocycles. The van der Waals surface area contributed by atoms with Crippen LogP contribution in [0, 0.1) is 5.92 Å². The number of amides is 2. The highest BCUT2D eigenvalue weighted by Gasteiger charge is 2.14. The van der Waals surface area contributed by atoms with Gasteiger partial charge in [0.15, 0.2) is 0 Å². The lowest BCUT2D eigenvalue weighted by atomic mass is 10.0. The van der Waals surface area contributed by atoms with Gasteiger partial charge < -0.3 is 10.2 Å². The van der Waals surface area contributed by atoms with Crippen molar-refractivity contribution in [1.82, 2.24) is 10.2 Å². The van der Waals surface area contributed by atoms with E-state index in [4.69, 9.17) is 0 Å². The van der Waals surface area contributed by atoms with Gasteiger partial charge in [-0.05, 0) is 38.5 Å². The molecule has 0 aromatic heterocycles. The summed E-state index contributed by atoms with van der Waals surface area (Å²) in [4.78, 5) is 13.9. The molecule has 0 saturated heterocycles. The molecule has 102 valence electrons. The van der Waals surface area contributed by atoms with Crippen molar-refractivity contribution in [3.8, 4) is 0 Å². The minimum absolute atomic E-state index is 0.102. The molecule has 1 atom stereocenters. The van der Waals surface area contributed by atoms with Gasteiger partial charge >= 0.3 is 6.03 Å². The van der Waals surface area contributed by atoms with E-state index in [1.165, 1.54) is 6.42 Å². The summed E-state index contributed by atoms with van der Waals surface area (Å²) < 4.78 is 0. The Kier molecular flexibility index (Phi) is 8.92. The van der Waals surface area contributed by atoms with Crippen LogP contribution < -0.4 is 5.32 Å². The van der Waals surface area contributed by atoms with E-state index in [1.54, 1.807) is 0 Å². The number of hydrogen-bond acceptors (Lipinski definition) is 1. The monoisotopic (exact) mass is 242 g/mol. The summed E-state index contributed by atoms with van der Waals surface area (Å²) >= 11 is 0. The average Bonchev–Trinajstić information content (AvgIpc) is 2.26. The first kappa shape index (κ1) is 16.3. The second-order valence-corrected chi connectivity index (χ2v) is 5.31. The van der Waals surface area contributed by atoms with E-state index >= 15 is 0 Å². The van der Waals surface area contributed by atoms with E-state index in [-0.39, 0.29) is 12.1 Å². The molecule has 1 N–H and O–H groups in total. The first-order valence-electron chi connectivity index (χ1n) is 7.06. The molecular formula is C14H30N2O. The Bertz CT molecular complexity index is 198. The smallest absolute Gasteiger partial charge is 0.317 e. The van der Waals surface area contributed by atoms with Crippen molar-refractivity contribution in [3.63, 3.8) is 0 Å². The van der Waals surface area contributed by atoms with E-state index < -0.39 is 0 Å². The topological polar surface area (TPSA) is 32.3 Å². The van der Waals surface area contributed by atoms with E-state index in [0.717, 1.165) is 32.4 Å². The van der Waals surface area contributed by atoms with Gasteiger partial charge in [0.05, 0.1) is 0 Å². The second-order valence-electron chi connectivity index (χ2n) is 5.31. The highest BCUT2D eigenvalue weighted by Crippen LogP contribution is 2.07. The van der Waals surface area contributed by atoms with Gasteiger partial charge in [-0.1, -0.05) is 27.7 Å². The zero-order valence-corrected chi connectivity index (χ0v) is 12.3. The quantitative estimate of drug-likeness (QED) is 0.692. The Hall–Kier alpha value is -0.730. The molecule has 3 heteroatoms. The Morgan fingerprint density at radius 2 is 1.59 bits per heavy atom. The van der Waals surface area contributed by atoms with Crippen LogP contribution in [0.1, 0.15) is 60.3 Å². The Balaban J connectivity index is 4.01. The SMILES string of the molecule is CCCN(CCC)C(=O)NC(C)CCC(C)C. The molecular weight excluding hydrogens is 212 g/mol. The van der Waals surface area contributed by atoms with Gasteiger partial charge in [-0.2, -0.15) is 0 Å². The molecule has 0 aliphatic carbocycles. The molecule has 0 heterocycles. The molecule has 2 amide bonds. The van der Waals surface area contributed by atoms with E-state index in [1.807, 2.05) is 4.90 Å². The van der Waals surface area contributed by atoms with Crippen molar-refractivity contribution in [2.75, 3.05) is 13.1 Å². The number of nitrogens with one attached hydrogen (secondary N) is 1. The van der Waals surface area contributed by atoms with Crippen molar-refractivity contribution in [3.05, 3.63) is 0 Å². The van der Waals surface area contributed by atoms with Crippen LogP contribution in [0.25, 0.3) is 0 Å². The minimum Gasteiger partial charge on any atom is -0.336 e. The molecule has 0 saturated carbocycles. The highest BCUT2D eigenvalue weighted by molar-refractivity contribution is 5.74. The van der Waals surface area contributed by atoms with Gasteiger partial charge in [-0.3, -0.25) is 0 Å². The van der Waals surface area contributed by atoms with E-state index in [9.17, 15) is 4.79 Å². The third-order valence-electron chi connectivity index (χ3n) is 2.82. The fourth-order valence-electron chi connectivity index (χ4n) is 1.81. The Labute approximate surface area is 107 Å². The van der Waals surface area contributed by atoms with Gasteiger partial charge in [0.25, 0.3) is 0 Å². The molecule has 1 unspecified atom stereocenters. The summed E-state index contributed by atoms with van der Waals surface area (Å²) in [5.41, 5.74) is 0. The molecule has 17 heavy (non-hydrogen) atoms. The number of rotatable bonds is 8. The fourth-order valence-corrected chi connectivity index (χ4v) is 1.81. The van der Waals surface area contributed by atoms with E-state index in [0.29, 0.717) is 5.92 Å². The number of urea groups is 1. The number of hydrogen-bond donors (Lipinski definition) is 1. The van der Waals surface area contributed by atoms with Gasteiger partial charge in [-0.25, -0.2) is 4.79 Å². The predicted molar refractivity (Wildman–Crippen MR) is 74.2 cm³/mol. The third kappa shape index (κ3) is 8.06. The first-order valence-corrected chi connectivity index (χ1v) is 7.06. The maximum Gasteiger partial charge on any atom is 0.317 e. The highest BCUT2D eigenvalue weighted by atomic mass is 16.2. The summed E-state index contributed by atoms with van der Waals surface area (Å²) in [7, 11) is 0. The van der Waals surface area contributed by atoms with Crippen LogP contribution in [-0.4, -0.2) is 30.1 Å². The average molecular weight is 242 g/mol. The molecule has 0 fully saturated rings. The number of carbonyl (C=O) groups excluding carboxylic acids is 1. The van der Waals surface area contributed by atoms with Crippen LogP contribution >= 0.6 is 0 Å². The maximum atomic E-state index is 12.0. The maximum absolute atomic E-state index is 12.0. The molecule has 0 aromatic carbocycles. The number of nitrogens with zero attached hydrogens (tertiary/aromatic N) is 1. The first-order chi connectivity index (χ1) is 8.01. The summed E-state index contributed by atoms with van der Waals surface area (Å²) in [6.07, 6.45) is 4.28. The normalized spacial score (nSPS) is 12.6. The summed E-state index contributed by atoms with van der Waals surface area (Å²) in [6, 6.07) is 0.381. The molecule has 0 aliphatic rings. The zero-order valence-electron chi connectivity index (χ0n) is 12.3. The van der Waals surface area contributed by atoms with Crippen molar-refractivity contribution < 1.29 is 4.79 Å². The fraction of sp³-hybridized carbons (Fsp3) is 0.929. The standard InChI is InChI=1S/C14H30N2O/c1-6-10-16(11-7-2)14(17)15-13(5)9-8-12(3)4/h12-13H,6-11H2,1-5H3,(H,15,17). The lowest BCUT2D eigenvalue weighted by molar-refractivity contribution is 0.193.